The predicted octanol–water partition coefficient (Wildman–Crippen LogP) is 2.86. The minimum absolute atomic E-state index is 0.148. The number of carbonyl (C=O) groups excluding carboxylic acids is 3. The first-order chi connectivity index (χ1) is 16.5. The Morgan fingerprint density at radius 3 is 2.43 bits per heavy atom. The summed E-state index contributed by atoms with van der Waals surface area (Å²) in [5.74, 6) is -2.00. The summed E-state index contributed by atoms with van der Waals surface area (Å²) >= 11 is 0. The van der Waals surface area contributed by atoms with E-state index in [1.165, 1.54) is 0 Å². The lowest BCUT2D eigenvalue weighted by atomic mass is 9.66. The Balaban J connectivity index is 1.64. The standard InChI is InChI=1S/C27H39N3O5/c1-25(2,3)29-23(33)21-27-15-14-26(4,35-27)19(22(32)28-18-12-8-7-9-13-18)20(27)24(34)30(21)16-10-5-6-11-17-31/h7-9,12-13,19-21,31H,5-6,10-11,14-17H2,1-4H3,(H,28,32)(H,29,33)/t19-,20+,21?,26+,27?/m1/s1. The fraction of sp³-hybridized carbons (Fsp3) is 0.667. The maximum Gasteiger partial charge on any atom is 0.246 e. The van der Waals surface area contributed by atoms with Gasteiger partial charge in [-0.1, -0.05) is 31.0 Å². The van der Waals surface area contributed by atoms with Crippen LogP contribution >= 0.6 is 0 Å². The molecule has 3 N–H and O–H groups in total. The Kier molecular flexibility index (Phi) is 6.99. The minimum atomic E-state index is -1.01. The zero-order valence-electron chi connectivity index (χ0n) is 21.3. The Labute approximate surface area is 207 Å². The van der Waals surface area contributed by atoms with Crippen molar-refractivity contribution in [3.63, 3.8) is 0 Å². The summed E-state index contributed by atoms with van der Waals surface area (Å²) in [6, 6.07) is 8.44. The summed E-state index contributed by atoms with van der Waals surface area (Å²) in [7, 11) is 0. The lowest BCUT2D eigenvalue weighted by molar-refractivity contribution is -0.145. The average molecular weight is 486 g/mol. The number of likely N-dealkylation sites (tertiary alicyclic amines) is 1. The van der Waals surface area contributed by atoms with Crippen LogP contribution in [-0.2, 0) is 19.1 Å². The molecule has 8 nitrogen and oxygen atoms in total. The van der Waals surface area contributed by atoms with Gasteiger partial charge in [-0.05, 0) is 65.5 Å². The van der Waals surface area contributed by atoms with Crippen LogP contribution in [0.2, 0.25) is 0 Å². The highest BCUT2D eigenvalue weighted by molar-refractivity contribution is 6.02. The van der Waals surface area contributed by atoms with Crippen molar-refractivity contribution in [2.45, 2.75) is 89.0 Å². The van der Waals surface area contributed by atoms with E-state index in [-0.39, 0.29) is 24.3 Å². The zero-order chi connectivity index (χ0) is 25.4. The van der Waals surface area contributed by atoms with Crippen LogP contribution in [0, 0.1) is 11.8 Å². The van der Waals surface area contributed by atoms with E-state index in [9.17, 15) is 14.4 Å². The minimum Gasteiger partial charge on any atom is -0.396 e. The number of aliphatic hydroxyl groups is 1. The molecule has 0 aliphatic carbocycles. The fourth-order valence-electron chi connectivity index (χ4n) is 6.29. The van der Waals surface area contributed by atoms with Crippen LogP contribution < -0.4 is 10.6 Å². The molecule has 192 valence electrons. The van der Waals surface area contributed by atoms with Gasteiger partial charge in [0.2, 0.25) is 17.7 Å². The Hall–Kier alpha value is -2.45. The number of anilines is 1. The van der Waals surface area contributed by atoms with Gasteiger partial charge >= 0.3 is 0 Å². The largest absolute Gasteiger partial charge is 0.396 e. The van der Waals surface area contributed by atoms with E-state index in [2.05, 4.69) is 10.6 Å². The van der Waals surface area contributed by atoms with Gasteiger partial charge in [0, 0.05) is 24.4 Å². The molecule has 3 heterocycles. The second-order valence-electron chi connectivity index (χ2n) is 11.5. The molecule has 3 amide bonds. The second-order valence-corrected chi connectivity index (χ2v) is 11.5. The van der Waals surface area contributed by atoms with Gasteiger partial charge in [-0.3, -0.25) is 14.4 Å². The molecule has 3 aliphatic rings. The Morgan fingerprint density at radius 2 is 1.77 bits per heavy atom. The van der Waals surface area contributed by atoms with Gasteiger partial charge in [0.05, 0.1) is 17.4 Å². The van der Waals surface area contributed by atoms with Crippen LogP contribution in [0.25, 0.3) is 0 Å². The van der Waals surface area contributed by atoms with Gasteiger partial charge in [0.1, 0.15) is 11.6 Å². The molecule has 2 unspecified atom stereocenters. The van der Waals surface area contributed by atoms with Crippen molar-refractivity contribution in [2.24, 2.45) is 11.8 Å². The third kappa shape index (κ3) is 4.70. The maximum absolute atomic E-state index is 13.9. The Morgan fingerprint density at radius 1 is 1.09 bits per heavy atom. The highest BCUT2D eigenvalue weighted by Crippen LogP contribution is 2.63. The first-order valence-electron chi connectivity index (χ1n) is 12.8. The van der Waals surface area contributed by atoms with Crippen LogP contribution in [0.15, 0.2) is 30.3 Å². The van der Waals surface area contributed by atoms with Gasteiger partial charge in [0.15, 0.2) is 0 Å². The smallest absolute Gasteiger partial charge is 0.246 e. The molecule has 4 rings (SSSR count). The normalized spacial score (nSPS) is 31.5. The molecular formula is C27H39N3O5. The zero-order valence-corrected chi connectivity index (χ0v) is 21.3. The lowest BCUT2D eigenvalue weighted by Crippen LogP contribution is -2.58. The fourth-order valence-corrected chi connectivity index (χ4v) is 6.29. The molecule has 1 aromatic rings. The quantitative estimate of drug-likeness (QED) is 0.466. The molecule has 2 bridgehead atoms. The number of ether oxygens (including phenoxy) is 1. The first kappa shape index (κ1) is 25.6. The molecule has 1 spiro atoms. The third-order valence-electron chi connectivity index (χ3n) is 7.65. The third-order valence-corrected chi connectivity index (χ3v) is 7.65. The van der Waals surface area contributed by atoms with Gasteiger partial charge in [0.25, 0.3) is 0 Å². The van der Waals surface area contributed by atoms with Crippen LogP contribution in [-0.4, -0.2) is 63.7 Å². The van der Waals surface area contributed by atoms with Crippen molar-refractivity contribution in [1.82, 2.24) is 10.2 Å². The maximum atomic E-state index is 13.9. The number of aliphatic hydroxyl groups excluding tert-OH is 1. The van der Waals surface area contributed by atoms with Gasteiger partial charge in [-0.2, -0.15) is 0 Å². The van der Waals surface area contributed by atoms with Crippen LogP contribution in [0.3, 0.4) is 0 Å². The predicted molar refractivity (Wildman–Crippen MR) is 132 cm³/mol. The van der Waals surface area contributed by atoms with E-state index in [1.54, 1.807) is 4.90 Å². The first-order valence-corrected chi connectivity index (χ1v) is 12.8. The number of fused-ring (bicyclic) bond motifs is 1. The number of benzene rings is 1. The van der Waals surface area contributed by atoms with Gasteiger partial charge in [-0.15, -0.1) is 0 Å². The van der Waals surface area contributed by atoms with Crippen LogP contribution in [0.5, 0.6) is 0 Å². The topological polar surface area (TPSA) is 108 Å². The number of nitrogens with one attached hydrogen (secondary N) is 2. The van der Waals surface area contributed by atoms with Gasteiger partial charge < -0.3 is 25.4 Å². The molecular weight excluding hydrogens is 446 g/mol. The van der Waals surface area contributed by atoms with Crippen molar-refractivity contribution >= 4 is 23.4 Å². The number of hydrogen-bond donors (Lipinski definition) is 3. The molecule has 3 fully saturated rings. The molecule has 0 radical (unpaired) electrons. The average Bonchev–Trinajstić information content (AvgIpc) is 3.34. The number of rotatable bonds is 9. The summed E-state index contributed by atoms with van der Waals surface area (Å²) in [5, 5.41) is 15.1. The number of carbonyl (C=O) groups is 3. The highest BCUT2D eigenvalue weighted by atomic mass is 16.5. The van der Waals surface area contributed by atoms with Crippen molar-refractivity contribution < 1.29 is 24.2 Å². The molecule has 0 saturated carbocycles. The summed E-state index contributed by atoms with van der Waals surface area (Å²) in [6.45, 7) is 8.23. The summed E-state index contributed by atoms with van der Waals surface area (Å²) in [5.41, 5.74) is -1.60. The molecule has 0 aromatic heterocycles. The summed E-state index contributed by atoms with van der Waals surface area (Å²) < 4.78 is 6.62. The lowest BCUT2D eigenvalue weighted by Gasteiger charge is -2.35. The van der Waals surface area contributed by atoms with Crippen molar-refractivity contribution in [2.75, 3.05) is 18.5 Å². The molecule has 35 heavy (non-hydrogen) atoms. The van der Waals surface area contributed by atoms with E-state index in [1.807, 2.05) is 58.0 Å². The van der Waals surface area contributed by atoms with Gasteiger partial charge in [-0.25, -0.2) is 0 Å². The molecule has 5 atom stereocenters. The number of amides is 3. The van der Waals surface area contributed by atoms with Crippen LogP contribution in [0.1, 0.15) is 66.2 Å². The number of hydrogen-bond acceptors (Lipinski definition) is 5. The van der Waals surface area contributed by atoms with E-state index < -0.39 is 34.6 Å². The number of nitrogens with zero attached hydrogens (tertiary/aromatic N) is 1. The van der Waals surface area contributed by atoms with E-state index in [4.69, 9.17) is 9.84 Å². The van der Waals surface area contributed by atoms with E-state index >= 15 is 0 Å². The highest BCUT2D eigenvalue weighted by Gasteiger charge is 2.77. The SMILES string of the molecule is CC(C)(C)NC(=O)C1N(CCCCCCO)C(=O)[C@@H]2[C@H](C(=O)Nc3ccccc3)[C@]3(C)CCC12O3. The second kappa shape index (κ2) is 9.54. The molecule has 1 aromatic carbocycles. The number of unbranched alkanes of at least 4 members (excludes halogenated alkanes) is 3. The Bertz CT molecular complexity index is 961. The van der Waals surface area contributed by atoms with Crippen molar-refractivity contribution in [1.29, 1.82) is 0 Å². The monoisotopic (exact) mass is 485 g/mol. The molecule has 3 saturated heterocycles. The van der Waals surface area contributed by atoms with Crippen LogP contribution in [0.4, 0.5) is 5.69 Å². The number of para-hydroxylation sites is 1. The van der Waals surface area contributed by atoms with Crippen molar-refractivity contribution in [3.8, 4) is 0 Å². The van der Waals surface area contributed by atoms with E-state index in [0.717, 1.165) is 25.7 Å². The summed E-state index contributed by atoms with van der Waals surface area (Å²) in [4.78, 5) is 42.8. The molecule has 8 heteroatoms. The van der Waals surface area contributed by atoms with Crippen molar-refractivity contribution in [3.05, 3.63) is 30.3 Å². The molecule has 3 aliphatic heterocycles. The van der Waals surface area contributed by atoms with E-state index in [0.29, 0.717) is 25.1 Å². The summed E-state index contributed by atoms with van der Waals surface area (Å²) in [6.07, 6.45) is 4.35.